The molecule has 0 amide bonds. The SMILES string of the molecule is CCNC(=NCc1cnn(-c2ccccc2)c1)NCCc1ccc2c(c1)OCO2.I. The molecule has 0 aliphatic carbocycles. The predicted octanol–water partition coefficient (Wildman–Crippen LogP) is 3.52. The molecule has 0 spiro atoms. The minimum absolute atomic E-state index is 0. The summed E-state index contributed by atoms with van der Waals surface area (Å²) in [6.45, 7) is 4.50. The second-order valence-corrected chi connectivity index (χ2v) is 6.69. The van der Waals surface area contributed by atoms with Crippen LogP contribution < -0.4 is 20.1 Å². The third kappa shape index (κ3) is 5.65. The number of hydrogen-bond acceptors (Lipinski definition) is 4. The predicted molar refractivity (Wildman–Crippen MR) is 128 cm³/mol. The first-order valence-electron chi connectivity index (χ1n) is 9.81. The van der Waals surface area contributed by atoms with Crippen molar-refractivity contribution in [3.8, 4) is 17.2 Å². The van der Waals surface area contributed by atoms with Gasteiger partial charge in [0.25, 0.3) is 0 Å². The average Bonchev–Trinajstić information content (AvgIpc) is 3.42. The molecule has 0 atom stereocenters. The largest absolute Gasteiger partial charge is 0.454 e. The summed E-state index contributed by atoms with van der Waals surface area (Å²) in [4.78, 5) is 4.68. The number of benzene rings is 2. The van der Waals surface area contributed by atoms with Crippen LogP contribution in [0.5, 0.6) is 11.5 Å². The number of aromatic nitrogens is 2. The molecule has 2 heterocycles. The van der Waals surface area contributed by atoms with E-state index in [4.69, 9.17) is 9.47 Å². The Kier molecular flexibility index (Phi) is 7.95. The fraction of sp³-hybridized carbons (Fsp3) is 0.273. The molecule has 3 aromatic rings. The Bertz CT molecular complexity index is 975. The Balaban J connectivity index is 0.00000256. The van der Waals surface area contributed by atoms with Crippen LogP contribution in [-0.4, -0.2) is 35.6 Å². The van der Waals surface area contributed by atoms with E-state index in [-0.39, 0.29) is 24.0 Å². The van der Waals surface area contributed by atoms with Crippen LogP contribution in [0.25, 0.3) is 5.69 Å². The second-order valence-electron chi connectivity index (χ2n) is 6.69. The molecule has 2 N–H and O–H groups in total. The van der Waals surface area contributed by atoms with Crippen molar-refractivity contribution in [2.45, 2.75) is 19.9 Å². The normalized spacial score (nSPS) is 12.4. The molecule has 1 aliphatic rings. The number of rotatable bonds is 7. The number of guanidine groups is 1. The van der Waals surface area contributed by atoms with Gasteiger partial charge in [0, 0.05) is 24.8 Å². The highest BCUT2D eigenvalue weighted by atomic mass is 127. The number of fused-ring (bicyclic) bond motifs is 1. The van der Waals surface area contributed by atoms with Gasteiger partial charge in [-0.25, -0.2) is 9.67 Å². The highest BCUT2D eigenvalue weighted by Gasteiger charge is 2.13. The van der Waals surface area contributed by atoms with Crippen molar-refractivity contribution in [2.24, 2.45) is 4.99 Å². The summed E-state index contributed by atoms with van der Waals surface area (Å²) in [5.74, 6) is 2.42. The summed E-state index contributed by atoms with van der Waals surface area (Å²) < 4.78 is 12.7. The van der Waals surface area contributed by atoms with Crippen molar-refractivity contribution in [3.63, 3.8) is 0 Å². The number of aliphatic imine (C=N–C) groups is 1. The van der Waals surface area contributed by atoms with Crippen LogP contribution in [0.4, 0.5) is 0 Å². The Hall–Kier alpha value is -2.75. The summed E-state index contributed by atoms with van der Waals surface area (Å²) in [6.07, 6.45) is 4.73. The van der Waals surface area contributed by atoms with Gasteiger partial charge in [-0.05, 0) is 43.2 Å². The molecule has 7 nitrogen and oxygen atoms in total. The van der Waals surface area contributed by atoms with Crippen LogP contribution in [-0.2, 0) is 13.0 Å². The van der Waals surface area contributed by atoms with E-state index in [2.05, 4.69) is 33.7 Å². The van der Waals surface area contributed by atoms with Crippen molar-refractivity contribution in [1.82, 2.24) is 20.4 Å². The second kappa shape index (κ2) is 10.9. The molecule has 0 saturated heterocycles. The Morgan fingerprint density at radius 1 is 1.07 bits per heavy atom. The quantitative estimate of drug-likeness (QED) is 0.284. The van der Waals surface area contributed by atoms with Crippen molar-refractivity contribution >= 4 is 29.9 Å². The Labute approximate surface area is 193 Å². The first kappa shape index (κ1) is 21.9. The fourth-order valence-electron chi connectivity index (χ4n) is 3.10. The van der Waals surface area contributed by atoms with E-state index in [1.807, 2.05) is 59.5 Å². The first-order chi connectivity index (χ1) is 14.3. The van der Waals surface area contributed by atoms with Gasteiger partial charge in [0.15, 0.2) is 17.5 Å². The molecule has 0 fully saturated rings. The number of hydrogen-bond donors (Lipinski definition) is 2. The lowest BCUT2D eigenvalue weighted by Crippen LogP contribution is -2.38. The summed E-state index contributed by atoms with van der Waals surface area (Å²) in [7, 11) is 0. The van der Waals surface area contributed by atoms with Gasteiger partial charge >= 0.3 is 0 Å². The summed E-state index contributed by atoms with van der Waals surface area (Å²) >= 11 is 0. The van der Waals surface area contributed by atoms with Gasteiger partial charge in [-0.3, -0.25) is 0 Å². The number of nitrogens with zero attached hydrogens (tertiary/aromatic N) is 3. The van der Waals surface area contributed by atoms with E-state index in [0.29, 0.717) is 13.3 Å². The van der Waals surface area contributed by atoms with Crippen molar-refractivity contribution in [3.05, 3.63) is 72.1 Å². The molecule has 0 bridgehead atoms. The molecule has 1 aliphatic heterocycles. The highest BCUT2D eigenvalue weighted by Crippen LogP contribution is 2.32. The number of ether oxygens (including phenoxy) is 2. The molecular formula is C22H26IN5O2. The molecule has 30 heavy (non-hydrogen) atoms. The van der Waals surface area contributed by atoms with Crippen LogP contribution in [0, 0.1) is 0 Å². The van der Waals surface area contributed by atoms with Crippen LogP contribution in [0.2, 0.25) is 0 Å². The Morgan fingerprint density at radius 3 is 2.73 bits per heavy atom. The molecule has 1 aromatic heterocycles. The standard InChI is InChI=1S/C22H25N5O2.HI/c1-2-23-22(24-11-10-17-8-9-20-21(12-17)29-16-28-20)25-13-18-14-26-27(15-18)19-6-4-3-5-7-19;/h3-9,12,14-15H,2,10-11,13,16H2,1H3,(H2,23,24,25);1H. The molecular weight excluding hydrogens is 493 g/mol. The van der Waals surface area contributed by atoms with E-state index in [1.165, 1.54) is 5.56 Å². The molecule has 0 saturated carbocycles. The van der Waals surface area contributed by atoms with Gasteiger partial charge < -0.3 is 20.1 Å². The van der Waals surface area contributed by atoms with Crippen molar-refractivity contribution in [1.29, 1.82) is 0 Å². The highest BCUT2D eigenvalue weighted by molar-refractivity contribution is 14.0. The third-order valence-corrected chi connectivity index (χ3v) is 4.56. The van der Waals surface area contributed by atoms with Crippen molar-refractivity contribution < 1.29 is 9.47 Å². The van der Waals surface area contributed by atoms with Crippen LogP contribution >= 0.6 is 24.0 Å². The lowest BCUT2D eigenvalue weighted by atomic mass is 10.1. The lowest BCUT2D eigenvalue weighted by molar-refractivity contribution is 0.174. The van der Waals surface area contributed by atoms with Gasteiger partial charge in [-0.1, -0.05) is 24.3 Å². The zero-order chi connectivity index (χ0) is 19.9. The minimum atomic E-state index is 0. The maximum absolute atomic E-state index is 5.44. The van der Waals surface area contributed by atoms with E-state index in [1.54, 1.807) is 0 Å². The maximum atomic E-state index is 5.44. The first-order valence-corrected chi connectivity index (χ1v) is 9.81. The summed E-state index contributed by atoms with van der Waals surface area (Å²) in [5, 5.41) is 11.1. The van der Waals surface area contributed by atoms with Gasteiger partial charge in [0.05, 0.1) is 18.4 Å². The topological polar surface area (TPSA) is 72.7 Å². The van der Waals surface area contributed by atoms with Gasteiger partial charge in [0.1, 0.15) is 0 Å². The smallest absolute Gasteiger partial charge is 0.231 e. The van der Waals surface area contributed by atoms with Gasteiger partial charge in [0.2, 0.25) is 6.79 Å². The zero-order valence-electron chi connectivity index (χ0n) is 16.9. The van der Waals surface area contributed by atoms with E-state index in [9.17, 15) is 0 Å². The summed E-state index contributed by atoms with van der Waals surface area (Å²) in [6, 6.07) is 16.1. The number of nitrogens with one attached hydrogen (secondary N) is 2. The monoisotopic (exact) mass is 519 g/mol. The minimum Gasteiger partial charge on any atom is -0.454 e. The van der Waals surface area contributed by atoms with Gasteiger partial charge in [-0.2, -0.15) is 5.10 Å². The zero-order valence-corrected chi connectivity index (χ0v) is 19.2. The molecule has 0 radical (unpaired) electrons. The van der Waals surface area contributed by atoms with Crippen LogP contribution in [0.1, 0.15) is 18.1 Å². The summed E-state index contributed by atoms with van der Waals surface area (Å²) in [5.41, 5.74) is 3.29. The van der Waals surface area contributed by atoms with Crippen LogP contribution in [0.15, 0.2) is 65.9 Å². The van der Waals surface area contributed by atoms with E-state index >= 15 is 0 Å². The molecule has 8 heteroatoms. The van der Waals surface area contributed by atoms with Gasteiger partial charge in [-0.15, -0.1) is 24.0 Å². The number of halogens is 1. The fourth-order valence-corrected chi connectivity index (χ4v) is 3.10. The lowest BCUT2D eigenvalue weighted by Gasteiger charge is -2.11. The molecule has 158 valence electrons. The van der Waals surface area contributed by atoms with E-state index < -0.39 is 0 Å². The average molecular weight is 519 g/mol. The number of para-hydroxylation sites is 1. The van der Waals surface area contributed by atoms with E-state index in [0.717, 1.165) is 48.2 Å². The molecule has 2 aromatic carbocycles. The third-order valence-electron chi connectivity index (χ3n) is 4.56. The van der Waals surface area contributed by atoms with Crippen molar-refractivity contribution in [2.75, 3.05) is 19.9 Å². The van der Waals surface area contributed by atoms with Crippen LogP contribution in [0.3, 0.4) is 0 Å². The molecule has 4 rings (SSSR count). The molecule has 0 unspecified atom stereocenters. The Morgan fingerprint density at radius 2 is 1.90 bits per heavy atom. The maximum Gasteiger partial charge on any atom is 0.231 e.